The Morgan fingerprint density at radius 1 is 1.30 bits per heavy atom. The van der Waals surface area contributed by atoms with Crippen molar-refractivity contribution in [3.63, 3.8) is 0 Å². The molecule has 0 aromatic heterocycles. The van der Waals surface area contributed by atoms with Crippen molar-refractivity contribution in [2.24, 2.45) is 5.92 Å². The fourth-order valence-corrected chi connectivity index (χ4v) is 4.22. The van der Waals surface area contributed by atoms with Gasteiger partial charge in [0.25, 0.3) is 0 Å². The molecule has 0 spiro atoms. The van der Waals surface area contributed by atoms with Gasteiger partial charge in [0, 0.05) is 19.3 Å². The first-order valence-corrected chi connectivity index (χ1v) is 8.99. The van der Waals surface area contributed by atoms with Crippen molar-refractivity contribution in [1.82, 2.24) is 10.2 Å². The minimum Gasteiger partial charge on any atom is -0.341 e. The number of nitrogens with one attached hydrogen (secondary N) is 1. The molecule has 1 saturated carbocycles. The maximum atomic E-state index is 12.8. The summed E-state index contributed by atoms with van der Waals surface area (Å²) in [5.74, 6) is 0.410. The first-order chi connectivity index (χ1) is 8.90. The number of hydrogen-bond donors (Lipinski definition) is 1. The van der Waals surface area contributed by atoms with Crippen LogP contribution in [-0.4, -0.2) is 56.4 Å². The zero-order valence-electron chi connectivity index (χ0n) is 12.2. The van der Waals surface area contributed by atoms with Gasteiger partial charge in [-0.3, -0.25) is 4.79 Å². The van der Waals surface area contributed by atoms with Gasteiger partial charge in [0.1, 0.15) is 0 Å². The van der Waals surface area contributed by atoms with Gasteiger partial charge in [-0.25, -0.2) is 8.42 Å². The maximum Gasteiger partial charge on any atom is 0.244 e. The maximum absolute atomic E-state index is 12.8. The van der Waals surface area contributed by atoms with Crippen LogP contribution in [0.2, 0.25) is 0 Å². The Bertz CT molecular complexity index is 443. The highest BCUT2D eigenvalue weighted by Crippen LogP contribution is 2.34. The van der Waals surface area contributed by atoms with E-state index in [1.165, 1.54) is 6.26 Å². The van der Waals surface area contributed by atoms with Crippen LogP contribution in [0.1, 0.15) is 32.6 Å². The van der Waals surface area contributed by atoms with Crippen LogP contribution < -0.4 is 5.32 Å². The van der Waals surface area contributed by atoms with Crippen molar-refractivity contribution in [1.29, 1.82) is 0 Å². The van der Waals surface area contributed by atoms with Gasteiger partial charge >= 0.3 is 0 Å². The van der Waals surface area contributed by atoms with E-state index in [2.05, 4.69) is 5.32 Å². The normalized spacial score (nSPS) is 21.9. The van der Waals surface area contributed by atoms with Gasteiger partial charge in [-0.1, -0.05) is 0 Å². The van der Waals surface area contributed by atoms with Gasteiger partial charge in [-0.2, -0.15) is 0 Å². The van der Waals surface area contributed by atoms with Crippen LogP contribution in [0, 0.1) is 5.92 Å². The van der Waals surface area contributed by atoms with Crippen molar-refractivity contribution in [2.45, 2.75) is 37.4 Å². The molecule has 20 heavy (non-hydrogen) atoms. The zero-order chi connectivity index (χ0) is 14.1. The molecule has 7 heteroatoms. The minimum atomic E-state index is -3.39. The van der Waals surface area contributed by atoms with Crippen LogP contribution in [0.3, 0.4) is 0 Å². The molecule has 0 aromatic rings. The molecule has 1 amide bonds. The molecule has 0 bridgehead atoms. The molecule has 0 atom stereocenters. The molecule has 2 rings (SSSR count). The summed E-state index contributed by atoms with van der Waals surface area (Å²) in [7, 11) is -3.39. The number of sulfone groups is 1. The highest BCUT2D eigenvalue weighted by Gasteiger charge is 2.50. The highest BCUT2D eigenvalue weighted by atomic mass is 35.5. The summed E-state index contributed by atoms with van der Waals surface area (Å²) < 4.78 is 23.2. The molecule has 1 aliphatic carbocycles. The summed E-state index contributed by atoms with van der Waals surface area (Å²) in [5.41, 5.74) is 0. The number of piperidine rings is 1. The van der Waals surface area contributed by atoms with E-state index in [-0.39, 0.29) is 18.3 Å². The lowest BCUT2D eigenvalue weighted by Gasteiger charge is -2.38. The minimum absolute atomic E-state index is 0. The van der Waals surface area contributed by atoms with E-state index < -0.39 is 14.6 Å². The average molecular weight is 325 g/mol. The third-order valence-electron chi connectivity index (χ3n) is 4.36. The molecule has 1 N–H and O–H groups in total. The Morgan fingerprint density at radius 3 is 2.25 bits per heavy atom. The summed E-state index contributed by atoms with van der Waals surface area (Å²) in [4.78, 5) is 14.5. The second kappa shape index (κ2) is 6.62. The van der Waals surface area contributed by atoms with E-state index in [1.54, 1.807) is 4.90 Å². The summed E-state index contributed by atoms with van der Waals surface area (Å²) in [6.45, 7) is 4.44. The van der Waals surface area contributed by atoms with Crippen molar-refractivity contribution in [3.05, 3.63) is 0 Å². The second-order valence-corrected chi connectivity index (χ2v) is 8.13. The van der Waals surface area contributed by atoms with Crippen LogP contribution >= 0.6 is 12.4 Å². The van der Waals surface area contributed by atoms with E-state index in [4.69, 9.17) is 0 Å². The molecule has 2 aliphatic rings. The van der Waals surface area contributed by atoms with Crippen molar-refractivity contribution >= 4 is 28.2 Å². The zero-order valence-corrected chi connectivity index (χ0v) is 13.9. The number of halogens is 1. The quantitative estimate of drug-likeness (QED) is 0.813. The second-order valence-electron chi connectivity index (χ2n) is 5.80. The Balaban J connectivity index is 0.00000200. The topological polar surface area (TPSA) is 66.5 Å². The predicted octanol–water partition coefficient (Wildman–Crippen LogP) is 0.833. The SMILES string of the molecule is CCN(CC1CC1)C(=O)C1(S(C)(=O)=O)CCNCC1.Cl. The fraction of sp³-hybridized carbons (Fsp3) is 0.923. The molecule has 1 saturated heterocycles. The molecule has 0 aromatic carbocycles. The number of hydrogen-bond acceptors (Lipinski definition) is 4. The Kier molecular flexibility index (Phi) is 5.87. The van der Waals surface area contributed by atoms with Gasteiger partial charge in [0.2, 0.25) is 5.91 Å². The van der Waals surface area contributed by atoms with Gasteiger partial charge < -0.3 is 10.2 Å². The Labute approximate surface area is 127 Å². The molecular weight excluding hydrogens is 300 g/mol. The highest BCUT2D eigenvalue weighted by molar-refractivity contribution is 7.92. The van der Waals surface area contributed by atoms with E-state index in [0.717, 1.165) is 19.4 Å². The first kappa shape index (κ1) is 17.7. The molecule has 0 unspecified atom stereocenters. The third-order valence-corrected chi connectivity index (χ3v) is 6.36. The molecule has 0 radical (unpaired) electrons. The van der Waals surface area contributed by atoms with E-state index in [9.17, 15) is 13.2 Å². The number of amides is 1. The van der Waals surface area contributed by atoms with E-state index in [1.807, 2.05) is 6.92 Å². The van der Waals surface area contributed by atoms with Gasteiger partial charge in [0.15, 0.2) is 14.6 Å². The van der Waals surface area contributed by atoms with Crippen molar-refractivity contribution < 1.29 is 13.2 Å². The number of carbonyl (C=O) groups is 1. The predicted molar refractivity (Wildman–Crippen MR) is 81.9 cm³/mol. The van der Waals surface area contributed by atoms with E-state index in [0.29, 0.717) is 38.4 Å². The summed E-state index contributed by atoms with van der Waals surface area (Å²) in [5, 5.41) is 3.14. The summed E-state index contributed by atoms with van der Waals surface area (Å²) >= 11 is 0. The molecule has 118 valence electrons. The largest absolute Gasteiger partial charge is 0.341 e. The van der Waals surface area contributed by atoms with Gasteiger partial charge in [0.05, 0.1) is 0 Å². The monoisotopic (exact) mass is 324 g/mol. The molecule has 1 heterocycles. The van der Waals surface area contributed by atoms with Gasteiger partial charge in [-0.05, 0) is 51.6 Å². The lowest BCUT2D eigenvalue weighted by molar-refractivity contribution is -0.134. The summed E-state index contributed by atoms with van der Waals surface area (Å²) in [6, 6.07) is 0. The smallest absolute Gasteiger partial charge is 0.244 e. The first-order valence-electron chi connectivity index (χ1n) is 7.10. The molecule has 2 fully saturated rings. The molecule has 5 nitrogen and oxygen atoms in total. The fourth-order valence-electron chi connectivity index (χ4n) is 2.83. The van der Waals surface area contributed by atoms with Crippen molar-refractivity contribution in [2.75, 3.05) is 32.4 Å². The van der Waals surface area contributed by atoms with E-state index >= 15 is 0 Å². The van der Waals surface area contributed by atoms with Crippen LogP contribution in [0.15, 0.2) is 0 Å². The third kappa shape index (κ3) is 3.46. The molecule has 1 aliphatic heterocycles. The van der Waals surface area contributed by atoms with Crippen LogP contribution in [0.4, 0.5) is 0 Å². The number of nitrogens with zero attached hydrogens (tertiary/aromatic N) is 1. The van der Waals surface area contributed by atoms with Crippen LogP contribution in [-0.2, 0) is 14.6 Å². The number of carbonyl (C=O) groups excluding carboxylic acids is 1. The Hall–Kier alpha value is -0.330. The molecular formula is C13H25ClN2O3S. The van der Waals surface area contributed by atoms with Crippen LogP contribution in [0.25, 0.3) is 0 Å². The lowest BCUT2D eigenvalue weighted by atomic mass is 9.95. The number of rotatable bonds is 5. The van der Waals surface area contributed by atoms with Crippen molar-refractivity contribution in [3.8, 4) is 0 Å². The van der Waals surface area contributed by atoms with Gasteiger partial charge in [-0.15, -0.1) is 12.4 Å². The summed E-state index contributed by atoms with van der Waals surface area (Å²) in [6.07, 6.45) is 4.33. The van der Waals surface area contributed by atoms with Crippen LogP contribution in [0.5, 0.6) is 0 Å². The average Bonchev–Trinajstić information content (AvgIpc) is 3.18. The Morgan fingerprint density at radius 2 is 1.85 bits per heavy atom. The standard InChI is InChI=1S/C13H24N2O3S.ClH/c1-3-15(10-11-4-5-11)12(16)13(19(2,17)18)6-8-14-9-7-13;/h11,14H,3-10H2,1-2H3;1H. The lowest BCUT2D eigenvalue weighted by Crippen LogP contribution is -2.58.